The van der Waals surface area contributed by atoms with Crippen LogP contribution in [0.4, 0.5) is 0 Å². The molecular formula is C32H32N4O8S2. The third-order valence-corrected chi connectivity index (χ3v) is 9.05. The first-order valence-corrected chi connectivity index (χ1v) is 17.0. The molecule has 0 amide bonds. The Hall–Kier alpha value is -4.76. The van der Waals surface area contributed by atoms with Gasteiger partial charge in [-0.15, -0.1) is 0 Å². The predicted molar refractivity (Wildman–Crippen MR) is 172 cm³/mol. The summed E-state index contributed by atoms with van der Waals surface area (Å²) in [5.74, 6) is 0.947. The fraction of sp³-hybridized carbons (Fsp3) is 0.188. The number of nitrogens with one attached hydrogen (secondary N) is 2. The second kappa shape index (κ2) is 14.6. The molecule has 0 saturated carbocycles. The maximum absolute atomic E-state index is 12.4. The lowest BCUT2D eigenvalue weighted by Crippen LogP contribution is -2.45. The second-order valence-electron chi connectivity index (χ2n) is 10.2. The minimum absolute atomic E-state index is 0.120. The first-order chi connectivity index (χ1) is 22.1. The van der Waals surface area contributed by atoms with Gasteiger partial charge in [-0.3, -0.25) is 0 Å². The molecule has 2 atom stereocenters. The highest BCUT2D eigenvalue weighted by molar-refractivity contribution is 7.89. The smallest absolute Gasteiger partial charge is 0.276 e. The number of hydrogen-bond donors (Lipinski definition) is 2. The van der Waals surface area contributed by atoms with E-state index in [2.05, 4.69) is 19.9 Å². The Balaban J connectivity index is 1.13. The van der Waals surface area contributed by atoms with Crippen molar-refractivity contribution in [3.63, 3.8) is 0 Å². The van der Waals surface area contributed by atoms with Crippen LogP contribution in [0.2, 0.25) is 0 Å². The predicted octanol–water partition coefficient (Wildman–Crippen LogP) is 4.09. The number of rotatable bonds is 12. The van der Waals surface area contributed by atoms with Crippen molar-refractivity contribution in [2.45, 2.75) is 36.2 Å². The molecule has 1 aliphatic rings. The van der Waals surface area contributed by atoms with Crippen molar-refractivity contribution in [2.75, 3.05) is 13.2 Å². The van der Waals surface area contributed by atoms with E-state index in [1.807, 2.05) is 13.8 Å². The second-order valence-corrected chi connectivity index (χ2v) is 13.5. The summed E-state index contributed by atoms with van der Waals surface area (Å²) in [6.45, 7) is 4.37. The molecule has 0 radical (unpaired) electrons. The van der Waals surface area contributed by atoms with E-state index in [4.69, 9.17) is 18.9 Å². The molecule has 2 N–H and O–H groups in total. The van der Waals surface area contributed by atoms with Crippen molar-refractivity contribution < 1.29 is 35.8 Å². The molecule has 0 aromatic heterocycles. The highest BCUT2D eigenvalue weighted by atomic mass is 32.2. The number of nitrogens with zero attached hydrogens (tertiary/aromatic N) is 2. The molecule has 0 bridgehead atoms. The average Bonchev–Trinajstić information content (AvgIpc) is 3.04. The molecule has 14 heteroatoms. The van der Waals surface area contributed by atoms with Gasteiger partial charge in [0.15, 0.2) is 0 Å². The molecule has 1 heterocycles. The van der Waals surface area contributed by atoms with Gasteiger partial charge in [-0.05, 0) is 97.8 Å². The zero-order valence-corrected chi connectivity index (χ0v) is 26.6. The van der Waals surface area contributed by atoms with Gasteiger partial charge in [0, 0.05) is 0 Å². The largest absolute Gasteiger partial charge is 0.458 e. The highest BCUT2D eigenvalue weighted by Crippen LogP contribution is 2.22. The number of hydrogen-bond acceptors (Lipinski definition) is 10. The van der Waals surface area contributed by atoms with Crippen LogP contribution in [0.1, 0.15) is 22.3 Å². The van der Waals surface area contributed by atoms with Gasteiger partial charge >= 0.3 is 0 Å². The van der Waals surface area contributed by atoms with E-state index in [0.717, 1.165) is 11.1 Å². The van der Waals surface area contributed by atoms with Crippen molar-refractivity contribution >= 4 is 32.5 Å². The molecule has 4 aromatic rings. The molecule has 0 aliphatic carbocycles. The topological polar surface area (TPSA) is 154 Å². The van der Waals surface area contributed by atoms with Gasteiger partial charge in [-0.1, -0.05) is 35.4 Å². The minimum Gasteiger partial charge on any atom is -0.458 e. The third kappa shape index (κ3) is 8.91. The molecule has 0 unspecified atom stereocenters. The minimum atomic E-state index is -3.78. The Labute approximate surface area is 267 Å². The lowest BCUT2D eigenvalue weighted by Gasteiger charge is -2.31. The van der Waals surface area contributed by atoms with Crippen molar-refractivity contribution in [1.29, 1.82) is 0 Å². The number of benzene rings is 4. The summed E-state index contributed by atoms with van der Waals surface area (Å²) < 4.78 is 73.0. The van der Waals surface area contributed by atoms with Crippen LogP contribution in [0.3, 0.4) is 0 Å². The van der Waals surface area contributed by atoms with E-state index in [-0.39, 0.29) is 9.79 Å². The highest BCUT2D eigenvalue weighted by Gasteiger charge is 2.31. The maximum atomic E-state index is 12.4. The Morgan fingerprint density at radius 1 is 0.587 bits per heavy atom. The maximum Gasteiger partial charge on any atom is 0.276 e. The average molecular weight is 665 g/mol. The molecule has 5 rings (SSSR count). The first-order valence-electron chi connectivity index (χ1n) is 14.1. The van der Waals surface area contributed by atoms with Gasteiger partial charge in [-0.25, -0.2) is 9.66 Å². The van der Waals surface area contributed by atoms with Gasteiger partial charge in [0.25, 0.3) is 32.6 Å². The molecule has 240 valence electrons. The van der Waals surface area contributed by atoms with Crippen molar-refractivity contribution in [1.82, 2.24) is 9.66 Å². The van der Waals surface area contributed by atoms with Gasteiger partial charge in [0.05, 0.1) is 35.4 Å². The van der Waals surface area contributed by atoms with Crippen LogP contribution < -0.4 is 19.1 Å². The summed E-state index contributed by atoms with van der Waals surface area (Å²) in [6.07, 6.45) is 1.03. The summed E-state index contributed by atoms with van der Waals surface area (Å²) in [4.78, 5) is 4.64. The van der Waals surface area contributed by atoms with E-state index >= 15 is 0 Å². The fourth-order valence-corrected chi connectivity index (χ4v) is 5.66. The summed E-state index contributed by atoms with van der Waals surface area (Å²) >= 11 is 0. The molecule has 4 aromatic carbocycles. The molecule has 46 heavy (non-hydrogen) atoms. The van der Waals surface area contributed by atoms with E-state index < -0.39 is 32.6 Å². The number of ether oxygens (including phenoxy) is 4. The number of sulfonamides is 2. The molecule has 0 spiro atoms. The third-order valence-electron chi connectivity index (χ3n) is 6.57. The lowest BCUT2D eigenvalue weighted by atomic mass is 10.2. The molecule has 1 fully saturated rings. The summed E-state index contributed by atoms with van der Waals surface area (Å²) in [7, 11) is -7.56. The molecule has 1 aliphatic heterocycles. The van der Waals surface area contributed by atoms with E-state index in [1.165, 1.54) is 36.7 Å². The fourth-order valence-electron chi connectivity index (χ4n) is 4.08. The van der Waals surface area contributed by atoms with Crippen molar-refractivity contribution in [2.24, 2.45) is 10.2 Å². The SMILES string of the molecule is Cc1ccc(S(=O)(=O)N/N=C\c2ccc(O[C@@H]3OCCO[C@H]3Oc3ccc(/C=N\NS(=O)(=O)c4ccc(C)cc4)cc3)cc2)cc1. The Morgan fingerprint density at radius 3 is 1.28 bits per heavy atom. The molecule has 12 nitrogen and oxygen atoms in total. The zero-order valence-electron chi connectivity index (χ0n) is 24.9. The van der Waals surface area contributed by atoms with Crippen LogP contribution in [0.25, 0.3) is 0 Å². The Kier molecular flexibility index (Phi) is 10.3. The van der Waals surface area contributed by atoms with Crippen LogP contribution in [-0.4, -0.2) is 55.1 Å². The van der Waals surface area contributed by atoms with Crippen molar-refractivity contribution in [3.8, 4) is 11.5 Å². The van der Waals surface area contributed by atoms with Crippen molar-refractivity contribution in [3.05, 3.63) is 119 Å². The van der Waals surface area contributed by atoms with Crippen LogP contribution in [0.15, 0.2) is 117 Å². The molecule has 1 saturated heterocycles. The summed E-state index contributed by atoms with van der Waals surface area (Å²) in [5.41, 5.74) is 3.18. The van der Waals surface area contributed by atoms with Crippen LogP contribution in [0.5, 0.6) is 11.5 Å². The zero-order chi connectivity index (χ0) is 32.6. The van der Waals surface area contributed by atoms with Gasteiger partial charge in [0.2, 0.25) is 0 Å². The van der Waals surface area contributed by atoms with Crippen LogP contribution >= 0.6 is 0 Å². The standard InChI is InChI=1S/C32H32N4O8S2/c1-23-3-15-29(16-4-23)45(37,38)35-33-21-25-7-11-27(12-8-25)43-31-32(42-20-19-41-31)44-28-13-9-26(10-14-28)22-34-36-46(39,40)30-17-5-24(2)6-18-30/h3-18,21-22,31-32,35-36H,19-20H2,1-2H3/b33-21-,34-22-/t31-,32-/m0/s1. The molecular weight excluding hydrogens is 633 g/mol. The van der Waals surface area contributed by atoms with Gasteiger partial charge in [0.1, 0.15) is 11.5 Å². The summed E-state index contributed by atoms with van der Waals surface area (Å²) in [5, 5.41) is 7.72. The van der Waals surface area contributed by atoms with Gasteiger partial charge < -0.3 is 18.9 Å². The Morgan fingerprint density at radius 2 is 0.935 bits per heavy atom. The van der Waals surface area contributed by atoms with E-state index in [1.54, 1.807) is 72.8 Å². The quantitative estimate of drug-likeness (QED) is 0.170. The number of hydrazone groups is 2. The summed E-state index contributed by atoms with van der Waals surface area (Å²) in [6, 6.07) is 26.5. The first kappa shape index (κ1) is 32.6. The van der Waals surface area contributed by atoms with Crippen LogP contribution in [0, 0.1) is 13.8 Å². The van der Waals surface area contributed by atoms with Crippen LogP contribution in [-0.2, 0) is 29.5 Å². The van der Waals surface area contributed by atoms with E-state index in [0.29, 0.717) is 35.8 Å². The lowest BCUT2D eigenvalue weighted by molar-refractivity contribution is -0.271. The number of aryl methyl sites for hydroxylation is 2. The van der Waals surface area contributed by atoms with E-state index in [9.17, 15) is 16.8 Å². The Bertz CT molecular complexity index is 1740. The normalized spacial score (nSPS) is 17.2. The monoisotopic (exact) mass is 664 g/mol. The van der Waals surface area contributed by atoms with Gasteiger partial charge in [-0.2, -0.15) is 27.0 Å².